The average Bonchev–Trinajstić information content (AvgIpc) is 2.51. The Bertz CT molecular complexity index is 478. The van der Waals surface area contributed by atoms with Crippen molar-refractivity contribution in [2.45, 2.75) is 45.4 Å². The number of nitrogens with one attached hydrogen (secondary N) is 1. The fraction of sp³-hybridized carbons (Fsp3) is 0.556. The van der Waals surface area contributed by atoms with Crippen LogP contribution in [0.5, 0.6) is 0 Å². The Labute approximate surface area is 136 Å². The summed E-state index contributed by atoms with van der Waals surface area (Å²) >= 11 is 3.43. The molecule has 0 atom stereocenters. The smallest absolute Gasteiger partial charge is 0.130 e. The molecule has 0 radical (unpaired) electrons. The van der Waals surface area contributed by atoms with E-state index in [1.165, 1.54) is 43.7 Å². The highest BCUT2D eigenvalue weighted by Gasteiger charge is 2.18. The minimum absolute atomic E-state index is 0.137. The van der Waals surface area contributed by atoms with Crippen molar-refractivity contribution < 1.29 is 4.39 Å². The van der Waals surface area contributed by atoms with Gasteiger partial charge in [0.2, 0.25) is 0 Å². The summed E-state index contributed by atoms with van der Waals surface area (Å²) < 4.78 is 14.9. The molecule has 3 heteroatoms. The molecule has 0 unspecified atom stereocenters. The normalized spacial score (nSPS) is 17.2. The lowest BCUT2D eigenvalue weighted by atomic mass is 9.83. The summed E-state index contributed by atoms with van der Waals surface area (Å²) in [6.45, 7) is 4.07. The van der Waals surface area contributed by atoms with Crippen molar-refractivity contribution in [3.63, 3.8) is 0 Å². The minimum Gasteiger partial charge on any atom is -0.313 e. The summed E-state index contributed by atoms with van der Waals surface area (Å²) in [6.07, 6.45) is 9.64. The van der Waals surface area contributed by atoms with Crippen molar-refractivity contribution >= 4 is 22.0 Å². The van der Waals surface area contributed by atoms with Crippen molar-refractivity contribution in [3.8, 4) is 0 Å². The first-order chi connectivity index (χ1) is 10.2. The van der Waals surface area contributed by atoms with Gasteiger partial charge in [-0.25, -0.2) is 4.39 Å². The van der Waals surface area contributed by atoms with Crippen LogP contribution in [-0.2, 0) is 0 Å². The Morgan fingerprint density at radius 2 is 2.10 bits per heavy atom. The summed E-state index contributed by atoms with van der Waals surface area (Å²) in [4.78, 5) is 0. The Kier molecular flexibility index (Phi) is 6.91. The van der Waals surface area contributed by atoms with E-state index in [1.54, 1.807) is 6.07 Å². The second-order valence-corrected chi connectivity index (χ2v) is 6.81. The van der Waals surface area contributed by atoms with Crippen molar-refractivity contribution in [2.24, 2.45) is 5.92 Å². The number of halogens is 2. The van der Waals surface area contributed by atoms with Gasteiger partial charge in [-0.15, -0.1) is 0 Å². The second-order valence-electron chi connectivity index (χ2n) is 5.90. The molecule has 1 N–H and O–H groups in total. The fourth-order valence-corrected chi connectivity index (χ4v) is 3.40. The van der Waals surface area contributed by atoms with Crippen LogP contribution in [0.4, 0.5) is 4.39 Å². The Hall–Kier alpha value is -0.670. The molecule has 0 aliphatic heterocycles. The van der Waals surface area contributed by atoms with Crippen LogP contribution >= 0.6 is 15.9 Å². The molecule has 1 aliphatic carbocycles. The van der Waals surface area contributed by atoms with Gasteiger partial charge in [-0.3, -0.25) is 0 Å². The van der Waals surface area contributed by atoms with E-state index in [2.05, 4.69) is 34.2 Å². The predicted molar refractivity (Wildman–Crippen MR) is 91.8 cm³/mol. The zero-order chi connectivity index (χ0) is 15.1. The summed E-state index contributed by atoms with van der Waals surface area (Å²) in [7, 11) is 0. The first-order valence-corrected chi connectivity index (χ1v) is 8.86. The van der Waals surface area contributed by atoms with Crippen molar-refractivity contribution in [3.05, 3.63) is 39.6 Å². The summed E-state index contributed by atoms with van der Waals surface area (Å²) in [5, 5.41) is 3.48. The summed E-state index contributed by atoms with van der Waals surface area (Å²) in [6, 6.07) is 5.16. The third kappa shape index (κ3) is 5.23. The minimum atomic E-state index is -0.137. The molecule has 0 spiro atoms. The highest BCUT2D eigenvalue weighted by Crippen LogP contribution is 2.31. The standard InChI is InChI=1S/C18H25BrFN/c1-2-10-21-13-16(14-6-4-3-5-7-14)11-15-12-17(19)8-9-18(15)20/h8-9,11-12,14,21H,2-7,10,13H2,1H3/b16-11-. The van der Waals surface area contributed by atoms with Crippen LogP contribution in [-0.4, -0.2) is 13.1 Å². The average molecular weight is 354 g/mol. The number of benzene rings is 1. The topological polar surface area (TPSA) is 12.0 Å². The summed E-state index contributed by atoms with van der Waals surface area (Å²) in [5.74, 6) is 0.475. The van der Waals surface area contributed by atoms with Crippen LogP contribution in [0, 0.1) is 11.7 Å². The van der Waals surface area contributed by atoms with Gasteiger partial charge in [-0.05, 0) is 49.9 Å². The SMILES string of the molecule is CCCNC/C(=C/c1cc(Br)ccc1F)C1CCCCC1. The van der Waals surface area contributed by atoms with Gasteiger partial charge in [0.15, 0.2) is 0 Å². The zero-order valence-corrected chi connectivity index (χ0v) is 14.4. The van der Waals surface area contributed by atoms with E-state index in [-0.39, 0.29) is 5.82 Å². The quantitative estimate of drug-likeness (QED) is 0.661. The Morgan fingerprint density at radius 1 is 1.33 bits per heavy atom. The maximum absolute atomic E-state index is 14.0. The molecular weight excluding hydrogens is 329 g/mol. The maximum atomic E-state index is 14.0. The molecule has 0 saturated heterocycles. The van der Waals surface area contributed by atoms with Gasteiger partial charge in [0.1, 0.15) is 5.82 Å². The van der Waals surface area contributed by atoms with Crippen LogP contribution in [0.1, 0.15) is 51.0 Å². The summed E-state index contributed by atoms with van der Waals surface area (Å²) in [5.41, 5.74) is 2.06. The largest absolute Gasteiger partial charge is 0.313 e. The van der Waals surface area contributed by atoms with E-state index in [1.807, 2.05) is 6.07 Å². The van der Waals surface area contributed by atoms with E-state index in [0.717, 1.165) is 24.0 Å². The monoisotopic (exact) mass is 353 g/mol. The van der Waals surface area contributed by atoms with E-state index in [0.29, 0.717) is 11.5 Å². The number of hydrogen-bond acceptors (Lipinski definition) is 1. The molecule has 0 bridgehead atoms. The molecule has 0 amide bonds. The van der Waals surface area contributed by atoms with Gasteiger partial charge in [0, 0.05) is 16.6 Å². The van der Waals surface area contributed by atoms with Crippen LogP contribution in [0.2, 0.25) is 0 Å². The van der Waals surface area contributed by atoms with E-state index in [9.17, 15) is 4.39 Å². The fourth-order valence-electron chi connectivity index (χ4n) is 3.02. The first kappa shape index (κ1) is 16.7. The molecule has 1 aromatic rings. The highest BCUT2D eigenvalue weighted by atomic mass is 79.9. The maximum Gasteiger partial charge on any atom is 0.130 e. The molecule has 1 aromatic carbocycles. The van der Waals surface area contributed by atoms with Crippen LogP contribution < -0.4 is 5.32 Å². The molecule has 2 rings (SSSR count). The van der Waals surface area contributed by atoms with E-state index >= 15 is 0 Å². The molecule has 116 valence electrons. The Morgan fingerprint density at radius 3 is 2.81 bits per heavy atom. The molecule has 1 aliphatic rings. The van der Waals surface area contributed by atoms with Crippen LogP contribution in [0.25, 0.3) is 6.08 Å². The van der Waals surface area contributed by atoms with Gasteiger partial charge in [-0.2, -0.15) is 0 Å². The molecule has 1 fully saturated rings. The van der Waals surface area contributed by atoms with Gasteiger partial charge in [0.05, 0.1) is 0 Å². The lowest BCUT2D eigenvalue weighted by molar-refractivity contribution is 0.396. The molecule has 1 nitrogen and oxygen atoms in total. The van der Waals surface area contributed by atoms with Gasteiger partial charge in [0.25, 0.3) is 0 Å². The lowest BCUT2D eigenvalue weighted by Crippen LogP contribution is -2.23. The number of rotatable bonds is 6. The Balaban J connectivity index is 2.19. The van der Waals surface area contributed by atoms with E-state index in [4.69, 9.17) is 0 Å². The molecule has 1 saturated carbocycles. The number of hydrogen-bond donors (Lipinski definition) is 1. The lowest BCUT2D eigenvalue weighted by Gasteiger charge is -2.25. The first-order valence-electron chi connectivity index (χ1n) is 8.07. The second kappa shape index (κ2) is 8.70. The predicted octanol–water partition coefficient (Wildman–Crippen LogP) is 5.55. The molecule has 21 heavy (non-hydrogen) atoms. The van der Waals surface area contributed by atoms with Crippen LogP contribution in [0.15, 0.2) is 28.2 Å². The van der Waals surface area contributed by atoms with Crippen molar-refractivity contribution in [1.82, 2.24) is 5.32 Å². The van der Waals surface area contributed by atoms with Gasteiger partial charge in [-0.1, -0.05) is 53.8 Å². The third-order valence-electron chi connectivity index (χ3n) is 4.18. The highest BCUT2D eigenvalue weighted by molar-refractivity contribution is 9.10. The van der Waals surface area contributed by atoms with Gasteiger partial charge < -0.3 is 5.32 Å². The molecule has 0 aromatic heterocycles. The zero-order valence-electron chi connectivity index (χ0n) is 12.8. The van der Waals surface area contributed by atoms with E-state index < -0.39 is 0 Å². The van der Waals surface area contributed by atoms with Crippen molar-refractivity contribution in [2.75, 3.05) is 13.1 Å². The molecular formula is C18H25BrFN. The molecule has 0 heterocycles. The third-order valence-corrected chi connectivity index (χ3v) is 4.68. The van der Waals surface area contributed by atoms with Crippen molar-refractivity contribution in [1.29, 1.82) is 0 Å². The van der Waals surface area contributed by atoms with Gasteiger partial charge >= 0.3 is 0 Å². The van der Waals surface area contributed by atoms with Crippen LogP contribution in [0.3, 0.4) is 0 Å².